The minimum atomic E-state index is -3.42. The average molecular weight is 323 g/mol. The van der Waals surface area contributed by atoms with Crippen molar-refractivity contribution in [2.75, 3.05) is 33.4 Å². The molecule has 0 unspecified atom stereocenters. The number of hydrogen-bond acceptors (Lipinski definition) is 4. The normalized spacial score (nSPS) is 11.2. The molecule has 0 aliphatic carbocycles. The van der Waals surface area contributed by atoms with E-state index in [0.717, 1.165) is 11.1 Å². The second-order valence-corrected chi connectivity index (χ2v) is 6.14. The Bertz CT molecular complexity index is 506. The van der Waals surface area contributed by atoms with Crippen LogP contribution in [0.15, 0.2) is 23.1 Å². The van der Waals surface area contributed by atoms with Crippen LogP contribution in [0.25, 0.3) is 0 Å². The molecular formula is C13H23ClN2O3S. The van der Waals surface area contributed by atoms with Gasteiger partial charge in [0.25, 0.3) is 0 Å². The number of ether oxygens (including phenoxy) is 1. The first-order valence-electron chi connectivity index (χ1n) is 6.24. The Kier molecular flexibility index (Phi) is 9.00. The first-order chi connectivity index (χ1) is 8.97. The largest absolute Gasteiger partial charge is 0.383 e. The lowest BCUT2D eigenvalue weighted by molar-refractivity contribution is 0.199. The highest BCUT2D eigenvalue weighted by molar-refractivity contribution is 7.89. The molecule has 1 aromatic carbocycles. The summed E-state index contributed by atoms with van der Waals surface area (Å²) in [6.45, 7) is 6.01. The van der Waals surface area contributed by atoms with Gasteiger partial charge in [-0.1, -0.05) is 17.7 Å². The van der Waals surface area contributed by atoms with Crippen LogP contribution in [0.5, 0.6) is 0 Å². The molecule has 0 fully saturated rings. The fourth-order valence-electron chi connectivity index (χ4n) is 1.75. The number of methoxy groups -OCH3 is 1. The monoisotopic (exact) mass is 322 g/mol. The summed E-state index contributed by atoms with van der Waals surface area (Å²) in [5, 5.41) is 3.08. The molecule has 116 valence electrons. The molecule has 0 aliphatic heterocycles. The summed E-state index contributed by atoms with van der Waals surface area (Å²) in [7, 11) is -1.79. The summed E-state index contributed by atoms with van der Waals surface area (Å²) < 4.78 is 31.6. The Hall–Kier alpha value is -0.660. The Morgan fingerprint density at radius 1 is 1.15 bits per heavy atom. The molecule has 1 rings (SSSR count). The predicted octanol–water partition coefficient (Wildman–Crippen LogP) is 1.24. The molecule has 0 saturated carbocycles. The Morgan fingerprint density at radius 3 is 2.45 bits per heavy atom. The van der Waals surface area contributed by atoms with E-state index in [1.165, 1.54) is 0 Å². The molecule has 0 amide bonds. The minimum Gasteiger partial charge on any atom is -0.383 e. The Morgan fingerprint density at radius 2 is 1.85 bits per heavy atom. The molecule has 1 aromatic rings. The van der Waals surface area contributed by atoms with Crippen molar-refractivity contribution >= 4 is 22.4 Å². The van der Waals surface area contributed by atoms with E-state index in [4.69, 9.17) is 4.74 Å². The maximum atomic E-state index is 12.1. The lowest BCUT2D eigenvalue weighted by atomic mass is 10.2. The maximum Gasteiger partial charge on any atom is 0.240 e. The van der Waals surface area contributed by atoms with E-state index in [-0.39, 0.29) is 12.4 Å². The van der Waals surface area contributed by atoms with Crippen molar-refractivity contribution in [3.63, 3.8) is 0 Å². The van der Waals surface area contributed by atoms with Gasteiger partial charge >= 0.3 is 0 Å². The molecule has 0 atom stereocenters. The summed E-state index contributed by atoms with van der Waals surface area (Å²) in [5.41, 5.74) is 1.82. The van der Waals surface area contributed by atoms with Crippen molar-refractivity contribution in [1.29, 1.82) is 0 Å². The third-order valence-corrected chi connectivity index (χ3v) is 4.32. The SMILES string of the molecule is COCCNCCNS(=O)(=O)c1ccc(C)cc1C.Cl. The predicted molar refractivity (Wildman–Crippen MR) is 83.1 cm³/mol. The molecule has 0 heterocycles. The van der Waals surface area contributed by atoms with Gasteiger partial charge in [-0.3, -0.25) is 0 Å². The van der Waals surface area contributed by atoms with Crippen LogP contribution in [0.2, 0.25) is 0 Å². The van der Waals surface area contributed by atoms with Crippen molar-refractivity contribution in [3.8, 4) is 0 Å². The summed E-state index contributed by atoms with van der Waals surface area (Å²) in [6, 6.07) is 5.31. The summed E-state index contributed by atoms with van der Waals surface area (Å²) in [5.74, 6) is 0. The molecule has 20 heavy (non-hydrogen) atoms. The van der Waals surface area contributed by atoms with E-state index >= 15 is 0 Å². The summed E-state index contributed by atoms with van der Waals surface area (Å²) in [4.78, 5) is 0.343. The van der Waals surface area contributed by atoms with Gasteiger partial charge < -0.3 is 10.1 Å². The average Bonchev–Trinajstić information content (AvgIpc) is 2.33. The fraction of sp³-hybridized carbons (Fsp3) is 0.538. The van der Waals surface area contributed by atoms with E-state index in [1.807, 2.05) is 13.0 Å². The standard InChI is InChI=1S/C13H22N2O3S.ClH/c1-11-4-5-13(12(2)10-11)19(16,17)15-7-6-14-8-9-18-3;/h4-5,10,14-15H,6-9H2,1-3H3;1H. The van der Waals surface area contributed by atoms with Crippen LogP contribution in [0.3, 0.4) is 0 Å². The van der Waals surface area contributed by atoms with E-state index in [9.17, 15) is 8.42 Å². The molecule has 0 aliphatic rings. The van der Waals surface area contributed by atoms with Gasteiger partial charge in [-0.2, -0.15) is 0 Å². The molecule has 7 heteroatoms. The van der Waals surface area contributed by atoms with Gasteiger partial charge in [-0.15, -0.1) is 12.4 Å². The minimum absolute atomic E-state index is 0. The van der Waals surface area contributed by atoms with Gasteiger partial charge in [-0.25, -0.2) is 13.1 Å². The third kappa shape index (κ3) is 6.19. The van der Waals surface area contributed by atoms with Gasteiger partial charge in [-0.05, 0) is 25.5 Å². The van der Waals surface area contributed by atoms with E-state index < -0.39 is 10.0 Å². The number of rotatable bonds is 8. The van der Waals surface area contributed by atoms with E-state index in [1.54, 1.807) is 26.2 Å². The van der Waals surface area contributed by atoms with Crippen LogP contribution in [-0.4, -0.2) is 41.8 Å². The lowest BCUT2D eigenvalue weighted by Crippen LogP contribution is -2.33. The Balaban J connectivity index is 0.00000361. The molecular weight excluding hydrogens is 300 g/mol. The smallest absolute Gasteiger partial charge is 0.240 e. The molecule has 2 N–H and O–H groups in total. The van der Waals surface area contributed by atoms with Gasteiger partial charge in [0, 0.05) is 26.7 Å². The number of benzene rings is 1. The lowest BCUT2D eigenvalue weighted by Gasteiger charge is -2.10. The topological polar surface area (TPSA) is 67.4 Å². The molecule has 0 saturated heterocycles. The van der Waals surface area contributed by atoms with Crippen molar-refractivity contribution in [2.45, 2.75) is 18.7 Å². The van der Waals surface area contributed by atoms with Crippen LogP contribution < -0.4 is 10.0 Å². The number of hydrogen-bond donors (Lipinski definition) is 2. The zero-order chi connectivity index (χ0) is 14.3. The van der Waals surface area contributed by atoms with Gasteiger partial charge in [0.1, 0.15) is 0 Å². The van der Waals surface area contributed by atoms with E-state index in [2.05, 4.69) is 10.0 Å². The van der Waals surface area contributed by atoms with Crippen LogP contribution in [0.4, 0.5) is 0 Å². The van der Waals surface area contributed by atoms with Gasteiger partial charge in [0.15, 0.2) is 0 Å². The maximum absolute atomic E-state index is 12.1. The molecule has 0 aromatic heterocycles. The molecule has 0 bridgehead atoms. The van der Waals surface area contributed by atoms with E-state index in [0.29, 0.717) is 31.1 Å². The number of halogens is 1. The number of nitrogens with one attached hydrogen (secondary N) is 2. The molecule has 0 radical (unpaired) electrons. The number of sulfonamides is 1. The fourth-order valence-corrected chi connectivity index (χ4v) is 3.01. The zero-order valence-electron chi connectivity index (χ0n) is 12.1. The molecule has 0 spiro atoms. The van der Waals surface area contributed by atoms with Crippen LogP contribution >= 0.6 is 12.4 Å². The number of aryl methyl sites for hydroxylation is 2. The summed E-state index contributed by atoms with van der Waals surface area (Å²) >= 11 is 0. The van der Waals surface area contributed by atoms with Crippen molar-refractivity contribution < 1.29 is 13.2 Å². The first-order valence-corrected chi connectivity index (χ1v) is 7.72. The second kappa shape index (κ2) is 9.31. The zero-order valence-corrected chi connectivity index (χ0v) is 13.7. The Labute approximate surface area is 127 Å². The van der Waals surface area contributed by atoms with Crippen molar-refractivity contribution in [3.05, 3.63) is 29.3 Å². The van der Waals surface area contributed by atoms with Crippen LogP contribution in [0, 0.1) is 13.8 Å². The van der Waals surface area contributed by atoms with Gasteiger partial charge in [0.05, 0.1) is 11.5 Å². The third-order valence-electron chi connectivity index (χ3n) is 2.70. The second-order valence-electron chi connectivity index (χ2n) is 4.41. The first kappa shape index (κ1) is 19.3. The van der Waals surface area contributed by atoms with Crippen LogP contribution in [0.1, 0.15) is 11.1 Å². The molecule has 5 nitrogen and oxygen atoms in total. The quantitative estimate of drug-likeness (QED) is 0.707. The highest BCUT2D eigenvalue weighted by Gasteiger charge is 2.15. The van der Waals surface area contributed by atoms with Crippen molar-refractivity contribution in [1.82, 2.24) is 10.0 Å². The van der Waals surface area contributed by atoms with Crippen LogP contribution in [-0.2, 0) is 14.8 Å². The highest BCUT2D eigenvalue weighted by Crippen LogP contribution is 2.15. The van der Waals surface area contributed by atoms with Crippen molar-refractivity contribution in [2.24, 2.45) is 0 Å². The highest BCUT2D eigenvalue weighted by atomic mass is 35.5. The van der Waals surface area contributed by atoms with Gasteiger partial charge in [0.2, 0.25) is 10.0 Å². The summed E-state index contributed by atoms with van der Waals surface area (Å²) in [6.07, 6.45) is 0.